The molecule has 112 valence electrons. The molecule has 1 saturated heterocycles. The molecule has 1 aliphatic rings. The molecule has 0 aromatic heterocycles. The van der Waals surface area contributed by atoms with Crippen molar-refractivity contribution in [1.82, 2.24) is 9.62 Å². The summed E-state index contributed by atoms with van der Waals surface area (Å²) in [5.41, 5.74) is 0.420. The number of carbonyl (C=O) groups excluding carboxylic acids is 1. The van der Waals surface area contributed by atoms with E-state index in [0.717, 1.165) is 0 Å². The van der Waals surface area contributed by atoms with Gasteiger partial charge in [-0.15, -0.1) is 12.4 Å². The minimum atomic E-state index is -3.53. The summed E-state index contributed by atoms with van der Waals surface area (Å²) in [6.45, 7) is 5.05. The van der Waals surface area contributed by atoms with Crippen molar-refractivity contribution in [3.8, 4) is 0 Å². The fourth-order valence-corrected chi connectivity index (χ4v) is 3.87. The van der Waals surface area contributed by atoms with E-state index in [9.17, 15) is 13.2 Å². The number of nitrogens with one attached hydrogen (secondary N) is 1. The normalized spacial score (nSPS) is 20.2. The maximum Gasteiger partial charge on any atom is 0.243 e. The van der Waals surface area contributed by atoms with Crippen LogP contribution in [-0.2, 0) is 10.0 Å². The van der Waals surface area contributed by atoms with Crippen molar-refractivity contribution in [2.45, 2.75) is 24.8 Å². The van der Waals surface area contributed by atoms with Crippen molar-refractivity contribution < 1.29 is 13.2 Å². The summed E-state index contributed by atoms with van der Waals surface area (Å²) < 4.78 is 26.6. The molecule has 0 saturated carbocycles. The second-order valence-electron chi connectivity index (χ2n) is 4.75. The Hall–Kier alpha value is -0.950. The number of hydrogen-bond acceptors (Lipinski definition) is 4. The molecule has 1 aromatic rings. The molecular formula is C13H19ClN2O3S. The average molecular weight is 319 g/mol. The van der Waals surface area contributed by atoms with Crippen LogP contribution in [0.2, 0.25) is 0 Å². The fourth-order valence-electron chi connectivity index (χ4n) is 2.19. The van der Waals surface area contributed by atoms with Crippen LogP contribution >= 0.6 is 12.4 Å². The first kappa shape index (κ1) is 17.1. The third-order valence-electron chi connectivity index (χ3n) is 3.29. The molecule has 20 heavy (non-hydrogen) atoms. The molecule has 1 fully saturated rings. The van der Waals surface area contributed by atoms with Gasteiger partial charge >= 0.3 is 0 Å². The van der Waals surface area contributed by atoms with Gasteiger partial charge in [0.1, 0.15) is 0 Å². The molecule has 2 rings (SSSR count). The Morgan fingerprint density at radius 1 is 1.40 bits per heavy atom. The molecule has 1 aromatic carbocycles. The first-order valence-corrected chi connectivity index (χ1v) is 7.70. The van der Waals surface area contributed by atoms with E-state index in [4.69, 9.17) is 0 Å². The third kappa shape index (κ3) is 3.38. The van der Waals surface area contributed by atoms with Crippen LogP contribution in [-0.4, -0.2) is 44.2 Å². The van der Waals surface area contributed by atoms with Gasteiger partial charge in [0.25, 0.3) is 0 Å². The van der Waals surface area contributed by atoms with Crippen LogP contribution in [0.3, 0.4) is 0 Å². The van der Waals surface area contributed by atoms with Crippen LogP contribution in [0.5, 0.6) is 0 Å². The van der Waals surface area contributed by atoms with Crippen molar-refractivity contribution in [2.75, 3.05) is 19.6 Å². The lowest BCUT2D eigenvalue weighted by Crippen LogP contribution is -2.52. The summed E-state index contributed by atoms with van der Waals surface area (Å²) in [6, 6.07) is 6.14. The Morgan fingerprint density at radius 3 is 2.70 bits per heavy atom. The van der Waals surface area contributed by atoms with Gasteiger partial charge in [-0.2, -0.15) is 4.31 Å². The smallest absolute Gasteiger partial charge is 0.243 e. The maximum atomic E-state index is 12.6. The summed E-state index contributed by atoms with van der Waals surface area (Å²) in [6.07, 6.45) is 0. The summed E-state index contributed by atoms with van der Waals surface area (Å²) in [4.78, 5) is 11.5. The molecule has 0 aliphatic carbocycles. The van der Waals surface area contributed by atoms with Gasteiger partial charge in [0.15, 0.2) is 5.78 Å². The number of piperazine rings is 1. The Balaban J connectivity index is 0.00000200. The van der Waals surface area contributed by atoms with E-state index in [0.29, 0.717) is 25.2 Å². The molecule has 1 aliphatic heterocycles. The summed E-state index contributed by atoms with van der Waals surface area (Å²) in [5.74, 6) is -0.134. The lowest BCUT2D eigenvalue weighted by molar-refractivity contribution is 0.101. The zero-order valence-electron chi connectivity index (χ0n) is 11.5. The standard InChI is InChI=1S/C13H18N2O3S.ClH/c1-10-9-14-6-7-15(10)19(17,18)13-5-3-4-12(8-13)11(2)16;/h3-5,8,10,14H,6-7,9H2,1-2H3;1H/t10-;/m0./s1. The van der Waals surface area contributed by atoms with E-state index < -0.39 is 10.0 Å². The van der Waals surface area contributed by atoms with Crippen LogP contribution in [0.1, 0.15) is 24.2 Å². The van der Waals surface area contributed by atoms with Gasteiger partial charge in [0.05, 0.1) is 4.90 Å². The van der Waals surface area contributed by atoms with Crippen LogP contribution in [0, 0.1) is 0 Å². The highest BCUT2D eigenvalue weighted by Crippen LogP contribution is 2.20. The second-order valence-corrected chi connectivity index (χ2v) is 6.64. The summed E-state index contributed by atoms with van der Waals surface area (Å²) >= 11 is 0. The summed E-state index contributed by atoms with van der Waals surface area (Å²) in [5, 5.41) is 3.16. The van der Waals surface area contributed by atoms with E-state index in [1.165, 1.54) is 23.4 Å². The first-order chi connectivity index (χ1) is 8.93. The Labute approximate surface area is 125 Å². The van der Waals surface area contributed by atoms with Crippen LogP contribution < -0.4 is 5.32 Å². The quantitative estimate of drug-likeness (QED) is 0.853. The minimum Gasteiger partial charge on any atom is -0.314 e. The molecule has 0 amide bonds. The lowest BCUT2D eigenvalue weighted by Gasteiger charge is -2.32. The second kappa shape index (κ2) is 6.67. The lowest BCUT2D eigenvalue weighted by atomic mass is 10.2. The molecule has 0 bridgehead atoms. The average Bonchev–Trinajstić information content (AvgIpc) is 2.39. The minimum absolute atomic E-state index is 0. The van der Waals surface area contributed by atoms with Crippen molar-refractivity contribution in [3.63, 3.8) is 0 Å². The highest BCUT2D eigenvalue weighted by molar-refractivity contribution is 7.89. The monoisotopic (exact) mass is 318 g/mol. The van der Waals surface area contributed by atoms with Gasteiger partial charge in [-0.1, -0.05) is 12.1 Å². The molecule has 0 radical (unpaired) electrons. The van der Waals surface area contributed by atoms with Gasteiger partial charge in [-0.05, 0) is 26.0 Å². The molecule has 5 nitrogen and oxygen atoms in total. The van der Waals surface area contributed by atoms with Crippen LogP contribution in [0.15, 0.2) is 29.2 Å². The van der Waals surface area contributed by atoms with Crippen LogP contribution in [0.25, 0.3) is 0 Å². The first-order valence-electron chi connectivity index (χ1n) is 6.26. The van der Waals surface area contributed by atoms with Gasteiger partial charge in [0.2, 0.25) is 10.0 Å². The largest absolute Gasteiger partial charge is 0.314 e. The van der Waals surface area contributed by atoms with E-state index >= 15 is 0 Å². The fraction of sp³-hybridized carbons (Fsp3) is 0.462. The Bertz CT molecular complexity index is 589. The molecule has 1 heterocycles. The van der Waals surface area contributed by atoms with Crippen molar-refractivity contribution in [3.05, 3.63) is 29.8 Å². The number of rotatable bonds is 3. The van der Waals surface area contributed by atoms with Gasteiger partial charge in [0, 0.05) is 31.2 Å². The SMILES string of the molecule is CC(=O)c1cccc(S(=O)(=O)N2CCNC[C@@H]2C)c1.Cl. The molecule has 1 N–H and O–H groups in total. The van der Waals surface area contributed by atoms with Gasteiger partial charge in [-0.3, -0.25) is 4.79 Å². The number of sulfonamides is 1. The van der Waals surface area contributed by atoms with Crippen LogP contribution in [0.4, 0.5) is 0 Å². The number of benzene rings is 1. The third-order valence-corrected chi connectivity index (χ3v) is 5.30. The molecule has 7 heteroatoms. The predicted octanol–water partition coefficient (Wildman–Crippen LogP) is 1.29. The number of halogens is 1. The molecule has 1 atom stereocenters. The van der Waals surface area contributed by atoms with Crippen molar-refractivity contribution in [1.29, 1.82) is 0 Å². The van der Waals surface area contributed by atoms with Crippen molar-refractivity contribution >= 4 is 28.2 Å². The Morgan fingerprint density at radius 2 is 2.10 bits per heavy atom. The molecule has 0 spiro atoms. The number of ketones is 1. The molecular weight excluding hydrogens is 300 g/mol. The van der Waals surface area contributed by atoms with E-state index in [2.05, 4.69) is 5.32 Å². The Kier molecular flexibility index (Phi) is 5.70. The van der Waals surface area contributed by atoms with Crippen molar-refractivity contribution in [2.24, 2.45) is 0 Å². The number of nitrogens with zero attached hydrogens (tertiary/aromatic N) is 1. The highest BCUT2D eigenvalue weighted by atomic mass is 35.5. The highest BCUT2D eigenvalue weighted by Gasteiger charge is 2.30. The van der Waals surface area contributed by atoms with E-state index in [1.54, 1.807) is 12.1 Å². The number of hydrogen-bond donors (Lipinski definition) is 1. The number of carbonyl (C=O) groups is 1. The zero-order chi connectivity index (χ0) is 14.0. The predicted molar refractivity (Wildman–Crippen MR) is 79.9 cm³/mol. The molecule has 0 unspecified atom stereocenters. The topological polar surface area (TPSA) is 66.5 Å². The number of Topliss-reactive ketones (excluding diaryl/α,β-unsaturated/α-hetero) is 1. The zero-order valence-corrected chi connectivity index (χ0v) is 13.1. The van der Waals surface area contributed by atoms with Gasteiger partial charge < -0.3 is 5.32 Å². The maximum absolute atomic E-state index is 12.6. The summed E-state index contributed by atoms with van der Waals surface area (Å²) in [7, 11) is -3.53. The van der Waals surface area contributed by atoms with E-state index in [-0.39, 0.29) is 29.1 Å². The van der Waals surface area contributed by atoms with E-state index in [1.807, 2.05) is 6.92 Å². The van der Waals surface area contributed by atoms with Gasteiger partial charge in [-0.25, -0.2) is 8.42 Å².